The minimum absolute atomic E-state index is 0.106. The maximum atomic E-state index is 9.32. The summed E-state index contributed by atoms with van der Waals surface area (Å²) in [7, 11) is 1.53. The largest absolute Gasteiger partial charge is 0.393 e. The molecule has 1 heterocycles. The Morgan fingerprint density at radius 1 is 1.75 bits per heavy atom. The van der Waals surface area contributed by atoms with Crippen LogP contribution in [0.2, 0.25) is 0 Å². The molecular formula is C6H12INO4. The lowest BCUT2D eigenvalue weighted by Crippen LogP contribution is -2.48. The molecule has 72 valence electrons. The standard InChI is InChI=1S/C6H12INO4/c1-11-4-2-6(10)8(7)12-5(4)3-9/h4-6,9-10H,2-3H2,1H3/t4-,5?,6?/m0/s1. The van der Waals surface area contributed by atoms with Gasteiger partial charge in [-0.25, -0.2) is 0 Å². The summed E-state index contributed by atoms with van der Waals surface area (Å²) in [5.41, 5.74) is 0. The average Bonchev–Trinajstić information content (AvgIpc) is 2.09. The van der Waals surface area contributed by atoms with Gasteiger partial charge in [-0.1, -0.05) is 3.28 Å². The molecule has 0 aromatic rings. The predicted octanol–water partition coefficient (Wildman–Crippen LogP) is -0.332. The number of hydrogen-bond acceptors (Lipinski definition) is 5. The van der Waals surface area contributed by atoms with E-state index in [1.165, 1.54) is 10.4 Å². The number of hydroxylamine groups is 1. The Morgan fingerprint density at radius 3 is 2.92 bits per heavy atom. The molecule has 5 nitrogen and oxygen atoms in total. The van der Waals surface area contributed by atoms with Crippen LogP contribution in [-0.2, 0) is 9.57 Å². The van der Waals surface area contributed by atoms with Crippen LogP contribution in [0.5, 0.6) is 0 Å². The second kappa shape index (κ2) is 4.68. The molecular weight excluding hydrogens is 277 g/mol. The van der Waals surface area contributed by atoms with Crippen LogP contribution in [-0.4, -0.2) is 45.6 Å². The third kappa shape index (κ3) is 2.27. The predicted molar refractivity (Wildman–Crippen MR) is 49.2 cm³/mol. The van der Waals surface area contributed by atoms with Crippen molar-refractivity contribution < 1.29 is 19.8 Å². The van der Waals surface area contributed by atoms with E-state index in [0.717, 1.165) is 0 Å². The van der Waals surface area contributed by atoms with Crippen molar-refractivity contribution in [1.29, 1.82) is 0 Å². The van der Waals surface area contributed by atoms with Gasteiger partial charge in [0.2, 0.25) is 0 Å². The molecule has 1 saturated heterocycles. The smallest absolute Gasteiger partial charge is 0.142 e. The van der Waals surface area contributed by atoms with Gasteiger partial charge in [0.15, 0.2) is 0 Å². The fourth-order valence-electron chi connectivity index (χ4n) is 1.11. The van der Waals surface area contributed by atoms with E-state index in [1.807, 2.05) is 22.9 Å². The monoisotopic (exact) mass is 289 g/mol. The minimum atomic E-state index is -0.668. The molecule has 0 aliphatic carbocycles. The molecule has 1 aliphatic heterocycles. The number of methoxy groups -OCH3 is 1. The Bertz CT molecular complexity index is 132. The zero-order chi connectivity index (χ0) is 9.14. The van der Waals surface area contributed by atoms with Crippen molar-refractivity contribution >= 4 is 22.9 Å². The molecule has 3 atom stereocenters. The maximum Gasteiger partial charge on any atom is 0.142 e. The molecule has 0 aromatic heterocycles. The number of rotatable bonds is 2. The second-order valence-corrected chi connectivity index (χ2v) is 3.54. The average molecular weight is 289 g/mol. The Balaban J connectivity index is 2.52. The first kappa shape index (κ1) is 10.6. The van der Waals surface area contributed by atoms with Gasteiger partial charge in [0, 0.05) is 13.5 Å². The molecule has 6 heteroatoms. The van der Waals surface area contributed by atoms with E-state index in [4.69, 9.17) is 14.7 Å². The first-order valence-corrected chi connectivity index (χ1v) is 4.59. The molecule has 1 fully saturated rings. The fourth-order valence-corrected chi connectivity index (χ4v) is 1.63. The highest BCUT2D eigenvalue weighted by molar-refractivity contribution is 14.1. The normalized spacial score (nSPS) is 38.5. The van der Waals surface area contributed by atoms with Crippen molar-refractivity contribution in [1.82, 2.24) is 3.28 Å². The lowest BCUT2D eigenvalue weighted by molar-refractivity contribution is -0.261. The van der Waals surface area contributed by atoms with Crippen molar-refractivity contribution in [3.8, 4) is 0 Å². The third-order valence-electron chi connectivity index (χ3n) is 1.81. The SMILES string of the molecule is CO[C@H]1CC(O)N(I)OC1CO. The number of aliphatic hydroxyl groups excluding tert-OH is 2. The Hall–Kier alpha value is 0.530. The summed E-state index contributed by atoms with van der Waals surface area (Å²) in [6.45, 7) is -0.106. The Labute approximate surface area is 84.7 Å². The summed E-state index contributed by atoms with van der Waals surface area (Å²) in [4.78, 5) is 5.15. The molecule has 0 spiro atoms. The molecule has 1 aliphatic rings. The van der Waals surface area contributed by atoms with Crippen molar-refractivity contribution in [3.63, 3.8) is 0 Å². The molecule has 0 saturated carbocycles. The highest BCUT2D eigenvalue weighted by Gasteiger charge is 2.34. The van der Waals surface area contributed by atoms with Crippen LogP contribution in [0.3, 0.4) is 0 Å². The summed E-state index contributed by atoms with van der Waals surface area (Å²) in [5.74, 6) is 0. The Morgan fingerprint density at radius 2 is 2.42 bits per heavy atom. The summed E-state index contributed by atoms with van der Waals surface area (Å²) in [6, 6.07) is 0. The quantitative estimate of drug-likeness (QED) is 0.538. The number of hydrogen-bond donors (Lipinski definition) is 2. The number of nitrogens with zero attached hydrogens (tertiary/aromatic N) is 1. The van der Waals surface area contributed by atoms with Gasteiger partial charge in [-0.15, -0.1) is 0 Å². The van der Waals surface area contributed by atoms with Crippen molar-refractivity contribution in [2.24, 2.45) is 0 Å². The van der Waals surface area contributed by atoms with Gasteiger partial charge in [-0.3, -0.25) is 4.84 Å². The lowest BCUT2D eigenvalue weighted by atomic mass is 10.1. The second-order valence-electron chi connectivity index (χ2n) is 2.59. The van der Waals surface area contributed by atoms with Gasteiger partial charge in [-0.2, -0.15) is 0 Å². The van der Waals surface area contributed by atoms with Gasteiger partial charge >= 0.3 is 0 Å². The molecule has 0 radical (unpaired) electrons. The molecule has 0 aromatic carbocycles. The molecule has 2 N–H and O–H groups in total. The van der Waals surface area contributed by atoms with E-state index in [2.05, 4.69) is 0 Å². The summed E-state index contributed by atoms with van der Waals surface area (Å²) in [5, 5.41) is 18.2. The molecule has 1 rings (SSSR count). The van der Waals surface area contributed by atoms with Crippen molar-refractivity contribution in [2.75, 3.05) is 13.7 Å². The minimum Gasteiger partial charge on any atom is -0.393 e. The van der Waals surface area contributed by atoms with E-state index >= 15 is 0 Å². The van der Waals surface area contributed by atoms with Crippen LogP contribution in [0, 0.1) is 0 Å². The van der Waals surface area contributed by atoms with E-state index in [0.29, 0.717) is 6.42 Å². The van der Waals surface area contributed by atoms with Gasteiger partial charge in [0.25, 0.3) is 0 Å². The van der Waals surface area contributed by atoms with Gasteiger partial charge < -0.3 is 14.9 Å². The topological polar surface area (TPSA) is 62.2 Å². The number of aliphatic hydroxyl groups is 2. The molecule has 12 heavy (non-hydrogen) atoms. The lowest BCUT2D eigenvalue weighted by Gasteiger charge is -2.36. The van der Waals surface area contributed by atoms with Crippen LogP contribution in [0.4, 0.5) is 0 Å². The number of halogens is 1. The summed E-state index contributed by atoms with van der Waals surface area (Å²) in [6.07, 6.45) is -0.838. The third-order valence-corrected chi connectivity index (χ3v) is 2.68. The number of ether oxygens (including phenoxy) is 1. The molecule has 0 amide bonds. The van der Waals surface area contributed by atoms with Crippen molar-refractivity contribution in [2.45, 2.75) is 24.9 Å². The fraction of sp³-hybridized carbons (Fsp3) is 1.00. The van der Waals surface area contributed by atoms with Gasteiger partial charge in [0.1, 0.15) is 12.3 Å². The van der Waals surface area contributed by atoms with Crippen LogP contribution in [0.15, 0.2) is 0 Å². The maximum absolute atomic E-state index is 9.32. The molecule has 0 bridgehead atoms. The van der Waals surface area contributed by atoms with Crippen LogP contribution < -0.4 is 0 Å². The van der Waals surface area contributed by atoms with E-state index in [1.54, 1.807) is 0 Å². The van der Waals surface area contributed by atoms with E-state index < -0.39 is 6.23 Å². The van der Waals surface area contributed by atoms with E-state index in [9.17, 15) is 5.11 Å². The highest BCUT2D eigenvalue weighted by atomic mass is 127. The van der Waals surface area contributed by atoms with Crippen LogP contribution in [0.25, 0.3) is 0 Å². The van der Waals surface area contributed by atoms with Crippen LogP contribution in [0.1, 0.15) is 6.42 Å². The highest BCUT2D eigenvalue weighted by Crippen LogP contribution is 2.23. The van der Waals surface area contributed by atoms with Crippen molar-refractivity contribution in [3.05, 3.63) is 0 Å². The zero-order valence-corrected chi connectivity index (χ0v) is 8.84. The van der Waals surface area contributed by atoms with Gasteiger partial charge in [-0.05, 0) is 0 Å². The first-order chi connectivity index (χ1) is 5.69. The summed E-state index contributed by atoms with van der Waals surface area (Å²) < 4.78 is 6.34. The molecule has 2 unspecified atom stereocenters. The summed E-state index contributed by atoms with van der Waals surface area (Å²) >= 11 is 1.84. The first-order valence-electron chi connectivity index (χ1n) is 3.62. The zero-order valence-electron chi connectivity index (χ0n) is 6.68. The van der Waals surface area contributed by atoms with Crippen LogP contribution >= 0.6 is 22.9 Å². The Kier molecular flexibility index (Phi) is 4.14. The van der Waals surface area contributed by atoms with E-state index in [-0.39, 0.29) is 18.8 Å². The van der Waals surface area contributed by atoms with Gasteiger partial charge in [0.05, 0.1) is 35.6 Å².